The predicted octanol–water partition coefficient (Wildman–Crippen LogP) is 3.86. The Kier molecular flexibility index (Phi) is 13.7. The molecule has 1 aliphatic rings. The Hall–Kier alpha value is -1.90. The lowest BCUT2D eigenvalue weighted by Gasteiger charge is -2.44. The molecule has 0 radical (unpaired) electrons. The molecule has 36 heavy (non-hydrogen) atoms. The van der Waals surface area contributed by atoms with Gasteiger partial charge in [-0.15, -0.1) is 24.8 Å². The number of likely N-dealkylation sites (N-methyl/N-ethyl adjacent to an activating group) is 1. The van der Waals surface area contributed by atoms with Crippen molar-refractivity contribution >= 4 is 48.2 Å². The molecule has 3 atom stereocenters. The van der Waals surface area contributed by atoms with E-state index in [1.807, 2.05) is 29.2 Å². The van der Waals surface area contributed by atoms with E-state index in [0.29, 0.717) is 37.5 Å². The van der Waals surface area contributed by atoms with Crippen LogP contribution in [0, 0.1) is 5.82 Å². The highest BCUT2D eigenvalue weighted by Crippen LogP contribution is 2.21. The van der Waals surface area contributed by atoms with Crippen LogP contribution in [0.15, 0.2) is 48.5 Å². The Morgan fingerprint density at radius 1 is 1.11 bits per heavy atom. The largest absolute Gasteiger partial charge is 0.358 e. The zero-order valence-electron chi connectivity index (χ0n) is 20.7. The second-order valence-corrected chi connectivity index (χ2v) is 9.31. The summed E-state index contributed by atoms with van der Waals surface area (Å²) in [5, 5.41) is 3.43. The number of piperazine rings is 1. The van der Waals surface area contributed by atoms with Gasteiger partial charge in [-0.2, -0.15) is 0 Å². The van der Waals surface area contributed by atoms with Crippen LogP contribution in [0.2, 0.25) is 5.02 Å². The number of rotatable bonds is 9. The lowest BCUT2D eigenvalue weighted by atomic mass is 9.98. The van der Waals surface area contributed by atoms with Crippen molar-refractivity contribution in [3.63, 3.8) is 0 Å². The van der Waals surface area contributed by atoms with Crippen LogP contribution < -0.4 is 11.1 Å². The first-order valence-corrected chi connectivity index (χ1v) is 12.2. The average molecular weight is 562 g/mol. The van der Waals surface area contributed by atoms with Gasteiger partial charge in [0.2, 0.25) is 11.8 Å². The number of amides is 2. The molecule has 0 bridgehead atoms. The molecular formula is C26H36Cl3FN4O2. The van der Waals surface area contributed by atoms with E-state index in [0.717, 1.165) is 24.0 Å². The number of hydrogen-bond acceptors (Lipinski definition) is 4. The lowest BCUT2D eigenvalue weighted by molar-refractivity contribution is -0.139. The van der Waals surface area contributed by atoms with Gasteiger partial charge < -0.3 is 16.0 Å². The van der Waals surface area contributed by atoms with Crippen LogP contribution >= 0.6 is 36.4 Å². The number of hydrogen-bond donors (Lipinski definition) is 2. The van der Waals surface area contributed by atoms with E-state index < -0.39 is 6.04 Å². The van der Waals surface area contributed by atoms with Gasteiger partial charge in [-0.05, 0) is 54.7 Å². The summed E-state index contributed by atoms with van der Waals surface area (Å²) in [6, 6.07) is 12.6. The molecule has 1 heterocycles. The van der Waals surface area contributed by atoms with Crippen molar-refractivity contribution in [3.8, 4) is 0 Å². The fraction of sp³-hybridized carbons (Fsp3) is 0.462. The summed E-state index contributed by atoms with van der Waals surface area (Å²) >= 11 is 6.15. The molecule has 2 amide bonds. The maximum atomic E-state index is 13.3. The van der Waals surface area contributed by atoms with Gasteiger partial charge in [0, 0.05) is 37.7 Å². The average Bonchev–Trinajstić information content (AvgIpc) is 2.83. The highest BCUT2D eigenvalue weighted by Gasteiger charge is 2.36. The van der Waals surface area contributed by atoms with Gasteiger partial charge in [0.15, 0.2) is 0 Å². The molecule has 0 aromatic heterocycles. The smallest absolute Gasteiger partial charge is 0.240 e. The third-order valence-electron chi connectivity index (χ3n) is 6.41. The number of nitrogens with two attached hydrogens (primary N) is 1. The van der Waals surface area contributed by atoms with E-state index in [-0.39, 0.29) is 54.5 Å². The number of benzene rings is 2. The van der Waals surface area contributed by atoms with Gasteiger partial charge in [0.1, 0.15) is 5.82 Å². The number of carbonyl (C=O) groups excluding carboxylic acids is 2. The fourth-order valence-corrected chi connectivity index (χ4v) is 4.86. The van der Waals surface area contributed by atoms with Crippen LogP contribution in [0.25, 0.3) is 0 Å². The van der Waals surface area contributed by atoms with Crippen molar-refractivity contribution in [2.24, 2.45) is 5.73 Å². The highest BCUT2D eigenvalue weighted by atomic mass is 35.5. The van der Waals surface area contributed by atoms with E-state index in [1.54, 1.807) is 19.2 Å². The lowest BCUT2D eigenvalue weighted by Crippen LogP contribution is -2.62. The summed E-state index contributed by atoms with van der Waals surface area (Å²) in [4.78, 5) is 30.1. The molecule has 0 spiro atoms. The summed E-state index contributed by atoms with van der Waals surface area (Å²) in [6.07, 6.45) is 2.63. The molecule has 0 saturated carbocycles. The summed E-state index contributed by atoms with van der Waals surface area (Å²) in [5.41, 5.74) is 8.10. The summed E-state index contributed by atoms with van der Waals surface area (Å²) in [7, 11) is 1.64. The van der Waals surface area contributed by atoms with Gasteiger partial charge >= 0.3 is 0 Å². The minimum Gasteiger partial charge on any atom is -0.358 e. The Morgan fingerprint density at radius 2 is 1.81 bits per heavy atom. The van der Waals surface area contributed by atoms with Crippen molar-refractivity contribution in [1.82, 2.24) is 15.1 Å². The van der Waals surface area contributed by atoms with Crippen LogP contribution in [0.5, 0.6) is 0 Å². The summed E-state index contributed by atoms with van der Waals surface area (Å²) < 4.78 is 13.2. The Morgan fingerprint density at radius 3 is 2.42 bits per heavy atom. The summed E-state index contributed by atoms with van der Waals surface area (Å²) in [6.45, 7) is 3.77. The summed E-state index contributed by atoms with van der Waals surface area (Å²) in [5.74, 6) is -0.469. The van der Waals surface area contributed by atoms with E-state index >= 15 is 0 Å². The third kappa shape index (κ3) is 8.60. The number of halogens is 4. The van der Waals surface area contributed by atoms with Crippen LogP contribution in [0.4, 0.5) is 4.39 Å². The van der Waals surface area contributed by atoms with Gasteiger partial charge in [-0.1, -0.05) is 49.2 Å². The molecule has 200 valence electrons. The maximum absolute atomic E-state index is 13.3. The molecule has 1 fully saturated rings. The molecule has 2 aromatic carbocycles. The predicted molar refractivity (Wildman–Crippen MR) is 148 cm³/mol. The topological polar surface area (TPSA) is 78.7 Å². The number of nitrogens with zero attached hydrogens (tertiary/aromatic N) is 2. The van der Waals surface area contributed by atoms with Gasteiger partial charge in [0.25, 0.3) is 0 Å². The minimum absolute atomic E-state index is 0. The third-order valence-corrected chi connectivity index (χ3v) is 6.65. The SMILES string of the molecule is CCCC1CN(C(Cc2cccc(Cl)c2)C(=O)NC)CCN1C(=O)C(N)Cc1ccc(F)cc1.Cl.Cl. The number of nitrogens with one attached hydrogen (secondary N) is 1. The van der Waals surface area contributed by atoms with Crippen LogP contribution in [0.1, 0.15) is 30.9 Å². The Labute approximate surface area is 230 Å². The fourth-order valence-electron chi connectivity index (χ4n) is 4.65. The second-order valence-electron chi connectivity index (χ2n) is 8.87. The molecule has 2 aromatic rings. The zero-order chi connectivity index (χ0) is 24.7. The normalized spacial score (nSPS) is 17.4. The standard InChI is InChI=1S/C26H34ClFN4O2.2ClH/c1-3-5-22-17-31(24(25(33)30-2)16-19-6-4-7-20(27)14-19)12-13-32(22)26(34)23(29)15-18-8-10-21(28)11-9-18;;/h4,6-11,14,22-24H,3,5,12-13,15-17,29H2,1-2H3,(H,30,33);2*1H. The zero-order valence-corrected chi connectivity index (χ0v) is 23.1. The molecule has 3 N–H and O–H groups in total. The van der Waals surface area contributed by atoms with Crippen molar-refractivity contribution in [3.05, 3.63) is 70.5 Å². The second kappa shape index (κ2) is 15.4. The highest BCUT2D eigenvalue weighted by molar-refractivity contribution is 6.30. The monoisotopic (exact) mass is 560 g/mol. The number of carbonyl (C=O) groups is 2. The van der Waals surface area contributed by atoms with E-state index in [2.05, 4.69) is 17.1 Å². The van der Waals surface area contributed by atoms with Crippen molar-refractivity contribution in [2.75, 3.05) is 26.7 Å². The quantitative estimate of drug-likeness (QED) is 0.487. The van der Waals surface area contributed by atoms with Crippen molar-refractivity contribution in [1.29, 1.82) is 0 Å². The molecule has 3 rings (SSSR count). The molecule has 0 aliphatic carbocycles. The maximum Gasteiger partial charge on any atom is 0.240 e. The first-order valence-electron chi connectivity index (χ1n) is 11.8. The van der Waals surface area contributed by atoms with Gasteiger partial charge in [0.05, 0.1) is 12.1 Å². The molecule has 1 aliphatic heterocycles. The first-order chi connectivity index (χ1) is 16.3. The van der Waals surface area contributed by atoms with Crippen LogP contribution in [0.3, 0.4) is 0 Å². The molecule has 6 nitrogen and oxygen atoms in total. The molecule has 3 unspecified atom stereocenters. The van der Waals surface area contributed by atoms with Crippen molar-refractivity contribution < 1.29 is 14.0 Å². The van der Waals surface area contributed by atoms with E-state index in [4.69, 9.17) is 17.3 Å². The van der Waals surface area contributed by atoms with Gasteiger partial charge in [-0.3, -0.25) is 14.5 Å². The Bertz CT molecular complexity index is 980. The van der Waals surface area contributed by atoms with Gasteiger partial charge in [-0.25, -0.2) is 4.39 Å². The van der Waals surface area contributed by atoms with Crippen molar-refractivity contribution in [2.45, 2.75) is 50.7 Å². The Balaban J connectivity index is 0.00000324. The van der Waals surface area contributed by atoms with Crippen LogP contribution in [-0.2, 0) is 22.4 Å². The molecular weight excluding hydrogens is 526 g/mol. The molecule has 10 heteroatoms. The minimum atomic E-state index is -0.697. The first kappa shape index (κ1) is 32.1. The van der Waals surface area contributed by atoms with E-state index in [9.17, 15) is 14.0 Å². The molecule has 1 saturated heterocycles. The van der Waals surface area contributed by atoms with E-state index in [1.165, 1.54) is 12.1 Å². The van der Waals surface area contributed by atoms with Crippen LogP contribution in [-0.4, -0.2) is 66.4 Å².